The van der Waals surface area contributed by atoms with E-state index in [1.807, 2.05) is 36.9 Å². The van der Waals surface area contributed by atoms with E-state index >= 15 is 0 Å². The molecule has 1 aromatic carbocycles. The predicted octanol–water partition coefficient (Wildman–Crippen LogP) is 2.15. The molecular formula is C12H12N4. The molecule has 1 aliphatic rings. The summed E-state index contributed by atoms with van der Waals surface area (Å²) in [5, 5.41) is 0. The number of anilines is 1. The fraction of sp³-hybridized carbons (Fsp3) is 0.167. The maximum atomic E-state index is 5.73. The monoisotopic (exact) mass is 212 g/mol. The molecule has 80 valence electrons. The Bertz CT molecular complexity index is 580. The Morgan fingerprint density at radius 3 is 3.12 bits per heavy atom. The summed E-state index contributed by atoms with van der Waals surface area (Å²) < 4.78 is 2.15. The first-order valence-corrected chi connectivity index (χ1v) is 5.25. The Hall–Kier alpha value is -2.10. The van der Waals surface area contributed by atoms with E-state index in [2.05, 4.69) is 20.6 Å². The van der Waals surface area contributed by atoms with Crippen molar-refractivity contribution in [3.05, 3.63) is 36.8 Å². The molecular weight excluding hydrogens is 200 g/mol. The standard InChI is InChI=1S/C12H12N4/c13-9-1-2-12-11(7-9)15-8-16(12)10-3-5-14-6-4-10/h1-3,5-8,10H,4,13H2. The van der Waals surface area contributed by atoms with Gasteiger partial charge in [0.1, 0.15) is 0 Å². The van der Waals surface area contributed by atoms with Gasteiger partial charge < -0.3 is 10.3 Å². The van der Waals surface area contributed by atoms with E-state index in [1.165, 1.54) is 0 Å². The van der Waals surface area contributed by atoms with Crippen LogP contribution in [0.5, 0.6) is 0 Å². The minimum Gasteiger partial charge on any atom is -0.399 e. The summed E-state index contributed by atoms with van der Waals surface area (Å²) in [4.78, 5) is 8.43. The lowest BCUT2D eigenvalue weighted by atomic mass is 10.2. The van der Waals surface area contributed by atoms with Crippen LogP contribution in [0.1, 0.15) is 12.5 Å². The van der Waals surface area contributed by atoms with E-state index in [0.29, 0.717) is 6.04 Å². The average molecular weight is 212 g/mol. The first kappa shape index (κ1) is 9.15. The summed E-state index contributed by atoms with van der Waals surface area (Å²) in [6, 6.07) is 6.12. The molecule has 0 bridgehead atoms. The second-order valence-corrected chi connectivity index (χ2v) is 3.88. The summed E-state index contributed by atoms with van der Waals surface area (Å²) in [5.41, 5.74) is 8.53. The Labute approximate surface area is 93.1 Å². The summed E-state index contributed by atoms with van der Waals surface area (Å²) in [6.07, 6.45) is 8.60. The quantitative estimate of drug-likeness (QED) is 0.736. The van der Waals surface area contributed by atoms with Crippen LogP contribution in [0, 0.1) is 0 Å². The van der Waals surface area contributed by atoms with Gasteiger partial charge in [-0.15, -0.1) is 0 Å². The van der Waals surface area contributed by atoms with Crippen LogP contribution in [0.15, 0.2) is 41.8 Å². The zero-order valence-electron chi connectivity index (χ0n) is 8.74. The smallest absolute Gasteiger partial charge is 0.0964 e. The minimum atomic E-state index is 0.311. The summed E-state index contributed by atoms with van der Waals surface area (Å²) in [6.45, 7) is 0. The highest BCUT2D eigenvalue weighted by Gasteiger charge is 2.11. The number of nitrogens with zero attached hydrogens (tertiary/aromatic N) is 3. The molecule has 0 radical (unpaired) electrons. The van der Waals surface area contributed by atoms with Gasteiger partial charge in [-0.05, 0) is 24.3 Å². The SMILES string of the molecule is Nc1ccc2c(c1)ncn2C1C=CN=CC1. The molecule has 0 fully saturated rings. The zero-order valence-corrected chi connectivity index (χ0v) is 8.74. The van der Waals surface area contributed by atoms with E-state index in [9.17, 15) is 0 Å². The third-order valence-corrected chi connectivity index (χ3v) is 2.80. The maximum absolute atomic E-state index is 5.73. The molecule has 0 saturated carbocycles. The lowest BCUT2D eigenvalue weighted by Gasteiger charge is -2.15. The van der Waals surface area contributed by atoms with Gasteiger partial charge in [-0.2, -0.15) is 0 Å². The molecule has 0 spiro atoms. The molecule has 1 aliphatic heterocycles. The van der Waals surface area contributed by atoms with Crippen molar-refractivity contribution in [3.8, 4) is 0 Å². The van der Waals surface area contributed by atoms with Gasteiger partial charge in [0, 0.05) is 24.5 Å². The third-order valence-electron chi connectivity index (χ3n) is 2.80. The second kappa shape index (κ2) is 3.48. The van der Waals surface area contributed by atoms with Crippen LogP contribution in [0.25, 0.3) is 11.0 Å². The van der Waals surface area contributed by atoms with Gasteiger partial charge in [-0.25, -0.2) is 4.98 Å². The van der Waals surface area contributed by atoms with Crippen molar-refractivity contribution in [2.24, 2.45) is 4.99 Å². The van der Waals surface area contributed by atoms with Gasteiger partial charge in [0.2, 0.25) is 0 Å². The molecule has 1 aromatic heterocycles. The van der Waals surface area contributed by atoms with Crippen molar-refractivity contribution >= 4 is 22.9 Å². The molecule has 2 N–H and O–H groups in total. The van der Waals surface area contributed by atoms with E-state index in [-0.39, 0.29) is 0 Å². The largest absolute Gasteiger partial charge is 0.399 e. The maximum Gasteiger partial charge on any atom is 0.0964 e. The number of imidazole rings is 1. The lowest BCUT2D eigenvalue weighted by Crippen LogP contribution is -2.07. The Morgan fingerprint density at radius 2 is 2.31 bits per heavy atom. The van der Waals surface area contributed by atoms with Crippen molar-refractivity contribution < 1.29 is 0 Å². The number of rotatable bonds is 1. The first-order valence-electron chi connectivity index (χ1n) is 5.25. The second-order valence-electron chi connectivity index (χ2n) is 3.88. The molecule has 16 heavy (non-hydrogen) atoms. The van der Waals surface area contributed by atoms with Crippen molar-refractivity contribution in [2.75, 3.05) is 5.73 Å². The molecule has 0 aliphatic carbocycles. The minimum absolute atomic E-state index is 0.311. The van der Waals surface area contributed by atoms with E-state index in [4.69, 9.17) is 5.73 Å². The number of hydrogen-bond acceptors (Lipinski definition) is 3. The van der Waals surface area contributed by atoms with Gasteiger partial charge >= 0.3 is 0 Å². The molecule has 2 heterocycles. The van der Waals surface area contributed by atoms with Gasteiger partial charge in [-0.1, -0.05) is 0 Å². The van der Waals surface area contributed by atoms with Crippen LogP contribution in [-0.2, 0) is 0 Å². The highest BCUT2D eigenvalue weighted by Crippen LogP contribution is 2.23. The molecule has 4 heteroatoms. The molecule has 3 rings (SSSR count). The van der Waals surface area contributed by atoms with Crippen LogP contribution in [0.2, 0.25) is 0 Å². The van der Waals surface area contributed by atoms with Crippen molar-refractivity contribution in [1.82, 2.24) is 9.55 Å². The number of allylic oxidation sites excluding steroid dienone is 1. The number of fused-ring (bicyclic) bond motifs is 1. The number of aliphatic imine (C=N–C) groups is 1. The van der Waals surface area contributed by atoms with Gasteiger partial charge in [0.25, 0.3) is 0 Å². The summed E-state index contributed by atoms with van der Waals surface area (Å²) in [7, 11) is 0. The third kappa shape index (κ3) is 1.39. The normalized spacial score (nSPS) is 19.4. The Kier molecular flexibility index (Phi) is 1.99. The molecule has 2 aromatic rings. The number of nitrogen functional groups attached to an aromatic ring is 1. The molecule has 0 amide bonds. The van der Waals surface area contributed by atoms with Crippen LogP contribution >= 0.6 is 0 Å². The van der Waals surface area contributed by atoms with Crippen LogP contribution < -0.4 is 5.73 Å². The Morgan fingerprint density at radius 1 is 1.38 bits per heavy atom. The van der Waals surface area contributed by atoms with Crippen LogP contribution in [0.4, 0.5) is 5.69 Å². The summed E-state index contributed by atoms with van der Waals surface area (Å²) in [5.74, 6) is 0. The molecule has 1 atom stereocenters. The number of aromatic nitrogens is 2. The highest BCUT2D eigenvalue weighted by molar-refractivity contribution is 5.79. The Balaban J connectivity index is 2.10. The van der Waals surface area contributed by atoms with E-state index in [1.54, 1.807) is 0 Å². The van der Waals surface area contributed by atoms with Crippen LogP contribution in [-0.4, -0.2) is 15.8 Å². The van der Waals surface area contributed by atoms with Crippen LogP contribution in [0.3, 0.4) is 0 Å². The average Bonchev–Trinajstić information content (AvgIpc) is 2.73. The van der Waals surface area contributed by atoms with Crippen molar-refractivity contribution in [3.63, 3.8) is 0 Å². The van der Waals surface area contributed by atoms with Gasteiger partial charge in [0.05, 0.1) is 23.4 Å². The number of benzene rings is 1. The van der Waals surface area contributed by atoms with E-state index in [0.717, 1.165) is 23.1 Å². The van der Waals surface area contributed by atoms with Gasteiger partial charge in [0.15, 0.2) is 0 Å². The highest BCUT2D eigenvalue weighted by atomic mass is 15.1. The van der Waals surface area contributed by atoms with Gasteiger partial charge in [-0.3, -0.25) is 4.99 Å². The number of nitrogens with two attached hydrogens (primary N) is 1. The number of hydrogen-bond donors (Lipinski definition) is 1. The first-order chi connectivity index (χ1) is 7.84. The van der Waals surface area contributed by atoms with Crippen molar-refractivity contribution in [2.45, 2.75) is 12.5 Å². The fourth-order valence-electron chi connectivity index (χ4n) is 1.98. The molecule has 0 saturated heterocycles. The summed E-state index contributed by atoms with van der Waals surface area (Å²) >= 11 is 0. The zero-order chi connectivity index (χ0) is 11.0. The topological polar surface area (TPSA) is 56.2 Å². The molecule has 4 nitrogen and oxygen atoms in total. The van der Waals surface area contributed by atoms with Crippen molar-refractivity contribution in [1.29, 1.82) is 0 Å². The fourth-order valence-corrected chi connectivity index (χ4v) is 1.98. The lowest BCUT2D eigenvalue weighted by molar-refractivity contribution is 0.642. The van der Waals surface area contributed by atoms with E-state index < -0.39 is 0 Å². The predicted molar refractivity (Wildman–Crippen MR) is 65.4 cm³/mol. The molecule has 1 unspecified atom stereocenters.